The minimum atomic E-state index is 0.328. The van der Waals surface area contributed by atoms with Crippen molar-refractivity contribution in [2.24, 2.45) is 5.92 Å². The van der Waals surface area contributed by atoms with E-state index >= 15 is 0 Å². The lowest BCUT2D eigenvalue weighted by atomic mass is 10.0. The van der Waals surface area contributed by atoms with Crippen molar-refractivity contribution >= 4 is 5.78 Å². The molecule has 0 radical (unpaired) electrons. The van der Waals surface area contributed by atoms with Crippen LogP contribution in [0.2, 0.25) is 0 Å². The fourth-order valence-corrected chi connectivity index (χ4v) is 1.07. The van der Waals surface area contributed by atoms with E-state index in [2.05, 4.69) is 13.8 Å². The van der Waals surface area contributed by atoms with Gasteiger partial charge < -0.3 is 4.79 Å². The Kier molecular flexibility index (Phi) is 6.19. The molecule has 1 unspecified atom stereocenters. The fraction of sp³-hybridized carbons (Fsp3) is 0.900. The third-order valence-corrected chi connectivity index (χ3v) is 2.17. The van der Waals surface area contributed by atoms with E-state index in [1.54, 1.807) is 6.92 Å². The van der Waals surface area contributed by atoms with Crippen molar-refractivity contribution in [3.05, 3.63) is 0 Å². The van der Waals surface area contributed by atoms with E-state index in [-0.39, 0.29) is 0 Å². The smallest absolute Gasteiger partial charge is 0.129 e. The second kappa shape index (κ2) is 6.38. The molecule has 0 N–H and O–H groups in total. The number of carbonyl (C=O) groups is 1. The number of Topliss-reactive ketones (excluding diaryl/α,β-unsaturated/α-hetero) is 1. The van der Waals surface area contributed by atoms with E-state index in [1.165, 1.54) is 19.3 Å². The van der Waals surface area contributed by atoms with E-state index < -0.39 is 0 Å². The number of unbranched alkanes of at least 4 members (excludes halogenated alkanes) is 1. The third kappa shape index (κ3) is 7.57. The van der Waals surface area contributed by atoms with Crippen LogP contribution in [0, 0.1) is 5.92 Å². The van der Waals surface area contributed by atoms with Gasteiger partial charge in [-0.3, -0.25) is 0 Å². The molecule has 1 heteroatoms. The highest BCUT2D eigenvalue weighted by Gasteiger charge is 1.98. The van der Waals surface area contributed by atoms with E-state index in [1.807, 2.05) is 0 Å². The monoisotopic (exact) mass is 156 g/mol. The molecule has 1 atom stereocenters. The lowest BCUT2D eigenvalue weighted by molar-refractivity contribution is -0.117. The second-order valence-corrected chi connectivity index (χ2v) is 3.46. The van der Waals surface area contributed by atoms with Gasteiger partial charge in [0.2, 0.25) is 0 Å². The minimum absolute atomic E-state index is 0.328. The Morgan fingerprint density at radius 2 is 2.00 bits per heavy atom. The molecule has 11 heavy (non-hydrogen) atoms. The molecule has 0 fully saturated rings. The first kappa shape index (κ1) is 10.7. The molecule has 66 valence electrons. The van der Waals surface area contributed by atoms with Crippen molar-refractivity contribution in [1.29, 1.82) is 0 Å². The van der Waals surface area contributed by atoms with Gasteiger partial charge in [-0.05, 0) is 19.3 Å². The summed E-state index contributed by atoms with van der Waals surface area (Å²) in [6.45, 7) is 6.16. The van der Waals surface area contributed by atoms with Crippen molar-refractivity contribution in [2.75, 3.05) is 0 Å². The van der Waals surface area contributed by atoms with Gasteiger partial charge in [0.25, 0.3) is 0 Å². The maximum absolute atomic E-state index is 10.6. The number of ketones is 1. The molecule has 0 saturated carbocycles. The van der Waals surface area contributed by atoms with Crippen LogP contribution in [0.1, 0.15) is 52.9 Å². The van der Waals surface area contributed by atoms with Gasteiger partial charge in [-0.1, -0.05) is 33.1 Å². The lowest BCUT2D eigenvalue weighted by Gasteiger charge is -2.06. The molecule has 0 spiro atoms. The van der Waals surface area contributed by atoms with Crippen molar-refractivity contribution in [3.63, 3.8) is 0 Å². The lowest BCUT2D eigenvalue weighted by Crippen LogP contribution is -1.94. The molecule has 0 heterocycles. The van der Waals surface area contributed by atoms with Crippen LogP contribution in [0.4, 0.5) is 0 Å². The van der Waals surface area contributed by atoms with Gasteiger partial charge in [0.1, 0.15) is 5.78 Å². The largest absolute Gasteiger partial charge is 0.300 e. The van der Waals surface area contributed by atoms with E-state index in [0.717, 1.165) is 18.8 Å². The maximum atomic E-state index is 10.6. The molecule has 0 aromatic carbocycles. The summed E-state index contributed by atoms with van der Waals surface area (Å²) in [6.07, 6.45) is 5.62. The van der Waals surface area contributed by atoms with Crippen LogP contribution in [-0.4, -0.2) is 5.78 Å². The van der Waals surface area contributed by atoms with Gasteiger partial charge in [-0.2, -0.15) is 0 Å². The topological polar surface area (TPSA) is 17.1 Å². The zero-order valence-corrected chi connectivity index (χ0v) is 8.02. The molecular weight excluding hydrogens is 136 g/mol. The summed E-state index contributed by atoms with van der Waals surface area (Å²) in [4.78, 5) is 10.6. The number of carbonyl (C=O) groups excluding carboxylic acids is 1. The third-order valence-electron chi connectivity index (χ3n) is 2.17. The summed E-state index contributed by atoms with van der Waals surface area (Å²) < 4.78 is 0. The van der Waals surface area contributed by atoms with Crippen molar-refractivity contribution < 1.29 is 4.79 Å². The molecular formula is C10H20O. The van der Waals surface area contributed by atoms with Crippen LogP contribution in [-0.2, 0) is 4.79 Å². The number of hydrogen-bond donors (Lipinski definition) is 0. The number of rotatable bonds is 6. The molecule has 0 amide bonds. The Bertz CT molecular complexity index is 107. The highest BCUT2D eigenvalue weighted by atomic mass is 16.1. The van der Waals surface area contributed by atoms with E-state index in [9.17, 15) is 4.79 Å². The highest BCUT2D eigenvalue weighted by molar-refractivity contribution is 5.75. The first-order valence-corrected chi connectivity index (χ1v) is 4.66. The fourth-order valence-electron chi connectivity index (χ4n) is 1.07. The summed E-state index contributed by atoms with van der Waals surface area (Å²) in [7, 11) is 0. The SMILES string of the molecule is CCC(C)CCCCC(C)=O. The summed E-state index contributed by atoms with van der Waals surface area (Å²) >= 11 is 0. The first-order valence-electron chi connectivity index (χ1n) is 4.66. The van der Waals surface area contributed by atoms with E-state index in [0.29, 0.717) is 5.78 Å². The molecule has 0 aliphatic rings. The van der Waals surface area contributed by atoms with Crippen LogP contribution >= 0.6 is 0 Å². The molecule has 0 aliphatic carbocycles. The van der Waals surface area contributed by atoms with Crippen LogP contribution in [0.3, 0.4) is 0 Å². The Hall–Kier alpha value is -0.330. The summed E-state index contributed by atoms with van der Waals surface area (Å²) in [6, 6.07) is 0. The minimum Gasteiger partial charge on any atom is -0.300 e. The molecule has 0 bridgehead atoms. The van der Waals surface area contributed by atoms with Crippen LogP contribution < -0.4 is 0 Å². The predicted octanol–water partition coefficient (Wildman–Crippen LogP) is 3.18. The Morgan fingerprint density at radius 1 is 1.36 bits per heavy atom. The first-order chi connectivity index (χ1) is 5.16. The number of hydrogen-bond acceptors (Lipinski definition) is 1. The highest BCUT2D eigenvalue weighted by Crippen LogP contribution is 2.11. The Balaban J connectivity index is 3.08. The van der Waals surface area contributed by atoms with Crippen LogP contribution in [0.25, 0.3) is 0 Å². The van der Waals surface area contributed by atoms with E-state index in [4.69, 9.17) is 0 Å². The quantitative estimate of drug-likeness (QED) is 0.540. The van der Waals surface area contributed by atoms with Crippen molar-refractivity contribution in [3.8, 4) is 0 Å². The predicted molar refractivity (Wildman–Crippen MR) is 48.6 cm³/mol. The standard InChI is InChI=1S/C10H20O/c1-4-9(2)7-5-6-8-10(3)11/h9H,4-8H2,1-3H3. The Morgan fingerprint density at radius 3 is 2.45 bits per heavy atom. The zero-order valence-electron chi connectivity index (χ0n) is 8.02. The Labute approximate surface area is 70.2 Å². The summed E-state index contributed by atoms with van der Waals surface area (Å²) in [5.74, 6) is 1.16. The van der Waals surface area contributed by atoms with Gasteiger partial charge in [-0.15, -0.1) is 0 Å². The summed E-state index contributed by atoms with van der Waals surface area (Å²) in [5, 5.41) is 0. The van der Waals surface area contributed by atoms with Gasteiger partial charge >= 0.3 is 0 Å². The normalized spacial score (nSPS) is 13.0. The van der Waals surface area contributed by atoms with Crippen molar-refractivity contribution in [1.82, 2.24) is 0 Å². The van der Waals surface area contributed by atoms with Gasteiger partial charge in [0.05, 0.1) is 0 Å². The maximum Gasteiger partial charge on any atom is 0.129 e. The van der Waals surface area contributed by atoms with Crippen LogP contribution in [0.5, 0.6) is 0 Å². The van der Waals surface area contributed by atoms with Gasteiger partial charge in [0.15, 0.2) is 0 Å². The average molecular weight is 156 g/mol. The molecule has 1 nitrogen and oxygen atoms in total. The van der Waals surface area contributed by atoms with Crippen LogP contribution in [0.15, 0.2) is 0 Å². The van der Waals surface area contributed by atoms with Gasteiger partial charge in [0, 0.05) is 6.42 Å². The second-order valence-electron chi connectivity index (χ2n) is 3.46. The molecule has 0 aromatic heterocycles. The average Bonchev–Trinajstić information content (AvgIpc) is 1.97. The van der Waals surface area contributed by atoms with Crippen molar-refractivity contribution in [2.45, 2.75) is 52.9 Å². The van der Waals surface area contributed by atoms with Gasteiger partial charge in [-0.25, -0.2) is 0 Å². The summed E-state index contributed by atoms with van der Waals surface area (Å²) in [5.41, 5.74) is 0. The molecule has 0 aliphatic heterocycles. The molecule has 0 aromatic rings. The molecule has 0 saturated heterocycles. The zero-order chi connectivity index (χ0) is 8.69. The molecule has 0 rings (SSSR count).